The highest BCUT2D eigenvalue weighted by Gasteiger charge is 2.64. The molecular weight excluding hydrogens is 589 g/mol. The first-order chi connectivity index (χ1) is 17.3. The molecular formula is C26H64N2O5Si6. The van der Waals surface area contributed by atoms with Gasteiger partial charge in [-0.15, -0.1) is 0 Å². The SMILES string of the molecule is C=C(C)CNC(CC)[Si](O[Si](C)(C)C)(O[Si](C)(C)C)O[Si](O[Si](C)(C)C)(O[Si](C)(C)C)C(CC)NCC(=C)C. The highest BCUT2D eigenvalue weighted by atomic mass is 28.5. The van der Waals surface area contributed by atoms with Gasteiger partial charge in [0.1, 0.15) is 0 Å². The highest BCUT2D eigenvalue weighted by molar-refractivity contribution is 6.93. The summed E-state index contributed by atoms with van der Waals surface area (Å²) in [6.45, 7) is 44.7. The first-order valence-electron chi connectivity index (χ1n) is 14.5. The third kappa shape index (κ3) is 16.1. The Balaban J connectivity index is 7.57. The van der Waals surface area contributed by atoms with Gasteiger partial charge >= 0.3 is 17.6 Å². The second-order valence-electron chi connectivity index (χ2n) is 14.8. The van der Waals surface area contributed by atoms with Gasteiger partial charge in [0.05, 0.1) is 11.3 Å². The molecule has 7 nitrogen and oxygen atoms in total. The van der Waals surface area contributed by atoms with Gasteiger partial charge in [0.2, 0.25) is 0 Å². The van der Waals surface area contributed by atoms with Crippen LogP contribution in [0.4, 0.5) is 0 Å². The van der Waals surface area contributed by atoms with Gasteiger partial charge in [0, 0.05) is 13.1 Å². The molecule has 0 aliphatic rings. The quantitative estimate of drug-likeness (QED) is 0.106. The van der Waals surface area contributed by atoms with Crippen LogP contribution in [-0.4, -0.2) is 75.3 Å². The predicted molar refractivity (Wildman–Crippen MR) is 184 cm³/mol. The number of hydrogen-bond donors (Lipinski definition) is 2. The summed E-state index contributed by atoms with van der Waals surface area (Å²) in [5.74, 6) is 0. The lowest BCUT2D eigenvalue weighted by atomic mass is 10.3. The van der Waals surface area contributed by atoms with Crippen LogP contribution < -0.4 is 10.6 Å². The van der Waals surface area contributed by atoms with Crippen LogP contribution in [0.25, 0.3) is 0 Å². The average Bonchev–Trinajstić information content (AvgIpc) is 2.62. The van der Waals surface area contributed by atoms with Gasteiger partial charge < -0.3 is 31.2 Å². The summed E-state index contributed by atoms with van der Waals surface area (Å²) in [6, 6.07) is 0. The minimum Gasteiger partial charge on any atom is -0.416 e. The van der Waals surface area contributed by atoms with E-state index in [4.69, 9.17) is 20.6 Å². The van der Waals surface area contributed by atoms with E-state index >= 15 is 0 Å². The molecule has 39 heavy (non-hydrogen) atoms. The van der Waals surface area contributed by atoms with E-state index in [-0.39, 0.29) is 11.3 Å². The molecule has 0 aromatic heterocycles. The van der Waals surface area contributed by atoms with Crippen LogP contribution in [0, 0.1) is 0 Å². The van der Waals surface area contributed by atoms with Crippen molar-refractivity contribution < 1.29 is 20.6 Å². The minimum absolute atomic E-state index is 0.117. The Bertz CT molecular complexity index is 692. The fraction of sp³-hybridized carbons (Fsp3) is 0.846. The fourth-order valence-corrected chi connectivity index (χ4v) is 27.7. The summed E-state index contributed by atoms with van der Waals surface area (Å²) in [4.78, 5) is 0. The summed E-state index contributed by atoms with van der Waals surface area (Å²) in [7, 11) is -15.6. The van der Waals surface area contributed by atoms with E-state index in [1.165, 1.54) is 0 Å². The first-order valence-corrected chi connectivity index (χ1v) is 31.8. The van der Waals surface area contributed by atoms with Gasteiger partial charge in [-0.3, -0.25) is 0 Å². The van der Waals surface area contributed by atoms with Crippen LogP contribution >= 0.6 is 0 Å². The summed E-state index contributed by atoms with van der Waals surface area (Å²) in [5.41, 5.74) is 1.89. The van der Waals surface area contributed by atoms with Crippen LogP contribution in [-0.2, 0) is 20.6 Å². The van der Waals surface area contributed by atoms with Crippen molar-refractivity contribution in [2.75, 3.05) is 13.1 Å². The zero-order valence-electron chi connectivity index (χ0n) is 28.4. The van der Waals surface area contributed by atoms with Crippen molar-refractivity contribution in [3.8, 4) is 0 Å². The third-order valence-corrected chi connectivity index (χ3v) is 24.6. The fourth-order valence-electron chi connectivity index (χ4n) is 4.09. The Kier molecular flexibility index (Phi) is 15.5. The van der Waals surface area contributed by atoms with Crippen molar-refractivity contribution >= 4 is 50.9 Å². The standard InChI is InChI=1S/C26H64N2O5Si6/c1-19-25(27-21-23(3)4)38(29-34(7,8)9,30-35(10,11)12)33-39(31-36(13,14)15,32-37(16,17)18)26(20-2)28-22-24(5)6/h25-28H,3,5,19-22H2,1-2,4,6-18H3. The molecule has 0 radical (unpaired) electrons. The molecule has 2 atom stereocenters. The molecule has 0 aliphatic carbocycles. The third-order valence-electron chi connectivity index (χ3n) is 5.05. The Morgan fingerprint density at radius 1 is 0.513 bits per heavy atom. The van der Waals surface area contributed by atoms with Crippen LogP contribution in [0.2, 0.25) is 78.6 Å². The van der Waals surface area contributed by atoms with E-state index in [1.807, 2.05) is 13.8 Å². The van der Waals surface area contributed by atoms with Crippen molar-refractivity contribution in [1.82, 2.24) is 10.6 Å². The maximum atomic E-state index is 7.64. The summed E-state index contributed by atoms with van der Waals surface area (Å²) in [5, 5.41) is 7.48. The number of hydrogen-bond acceptors (Lipinski definition) is 7. The van der Waals surface area contributed by atoms with E-state index in [9.17, 15) is 0 Å². The molecule has 0 rings (SSSR count). The molecule has 0 bridgehead atoms. The van der Waals surface area contributed by atoms with E-state index in [2.05, 4.69) is 116 Å². The predicted octanol–water partition coefficient (Wildman–Crippen LogP) is 7.25. The van der Waals surface area contributed by atoms with Crippen LogP contribution in [0.1, 0.15) is 40.5 Å². The smallest absolute Gasteiger partial charge is 0.416 e. The molecule has 0 saturated carbocycles. The lowest BCUT2D eigenvalue weighted by Gasteiger charge is -2.51. The molecule has 232 valence electrons. The Morgan fingerprint density at radius 3 is 0.897 bits per heavy atom. The van der Waals surface area contributed by atoms with Gasteiger partial charge in [0.25, 0.3) is 0 Å². The number of nitrogens with one attached hydrogen (secondary N) is 2. The highest BCUT2D eigenvalue weighted by Crippen LogP contribution is 2.35. The lowest BCUT2D eigenvalue weighted by Crippen LogP contribution is -2.77. The molecule has 0 fully saturated rings. The van der Waals surface area contributed by atoms with E-state index in [1.54, 1.807) is 0 Å². The van der Waals surface area contributed by atoms with Gasteiger partial charge in [-0.05, 0) is 105 Å². The minimum atomic E-state index is -3.47. The molecule has 0 aromatic carbocycles. The largest absolute Gasteiger partial charge is 0.490 e. The summed E-state index contributed by atoms with van der Waals surface area (Å²) >= 11 is 0. The van der Waals surface area contributed by atoms with Gasteiger partial charge in [0.15, 0.2) is 33.3 Å². The maximum Gasteiger partial charge on any atom is 0.490 e. The van der Waals surface area contributed by atoms with Gasteiger partial charge in [-0.25, -0.2) is 0 Å². The van der Waals surface area contributed by atoms with Crippen molar-refractivity contribution in [2.45, 2.75) is 130 Å². The van der Waals surface area contributed by atoms with E-state index in [0.717, 1.165) is 24.0 Å². The van der Waals surface area contributed by atoms with Gasteiger partial charge in [-0.1, -0.05) is 38.2 Å². The van der Waals surface area contributed by atoms with Crippen LogP contribution in [0.15, 0.2) is 24.3 Å². The molecule has 0 heterocycles. The van der Waals surface area contributed by atoms with E-state index < -0.39 is 50.9 Å². The Morgan fingerprint density at radius 2 is 0.744 bits per heavy atom. The van der Waals surface area contributed by atoms with Gasteiger partial charge in [-0.2, -0.15) is 0 Å². The topological polar surface area (TPSA) is 70.2 Å². The van der Waals surface area contributed by atoms with Crippen molar-refractivity contribution in [3.05, 3.63) is 24.3 Å². The van der Waals surface area contributed by atoms with E-state index in [0.29, 0.717) is 13.1 Å². The second kappa shape index (κ2) is 15.3. The second-order valence-corrected chi connectivity index (χ2v) is 39.6. The van der Waals surface area contributed by atoms with Crippen molar-refractivity contribution in [1.29, 1.82) is 0 Å². The summed E-state index contributed by atoms with van der Waals surface area (Å²) in [6.07, 6.45) is 1.60. The molecule has 2 N–H and O–H groups in total. The Hall–Kier alpha value is 0.501. The molecule has 0 saturated heterocycles. The van der Waals surface area contributed by atoms with Crippen molar-refractivity contribution in [2.24, 2.45) is 0 Å². The molecule has 2 unspecified atom stereocenters. The molecule has 0 aromatic rings. The van der Waals surface area contributed by atoms with Crippen LogP contribution in [0.5, 0.6) is 0 Å². The maximum absolute atomic E-state index is 7.64. The molecule has 0 amide bonds. The zero-order valence-corrected chi connectivity index (χ0v) is 34.4. The number of rotatable bonds is 20. The molecule has 0 spiro atoms. The molecule has 0 aliphatic heterocycles. The van der Waals surface area contributed by atoms with Crippen LogP contribution in [0.3, 0.4) is 0 Å². The monoisotopic (exact) mass is 652 g/mol. The summed E-state index contributed by atoms with van der Waals surface area (Å²) < 4.78 is 36.6. The normalized spacial score (nSPS) is 15.8. The molecule has 13 heteroatoms. The zero-order chi connectivity index (χ0) is 31.1. The van der Waals surface area contributed by atoms with Crippen molar-refractivity contribution in [3.63, 3.8) is 0 Å². The Labute approximate surface area is 249 Å². The first kappa shape index (κ1) is 39.5. The lowest BCUT2D eigenvalue weighted by molar-refractivity contribution is 0.147. The average molecular weight is 653 g/mol.